The van der Waals surface area contributed by atoms with Crippen molar-refractivity contribution in [3.63, 3.8) is 0 Å². The minimum Gasteiger partial charge on any atom is -0.298 e. The van der Waals surface area contributed by atoms with Crippen LogP contribution in [-0.2, 0) is 4.84 Å². The van der Waals surface area contributed by atoms with Gasteiger partial charge in [0.05, 0.1) is 6.21 Å². The van der Waals surface area contributed by atoms with E-state index in [9.17, 15) is 4.79 Å². The fourth-order valence-corrected chi connectivity index (χ4v) is 1.93. The molecule has 0 atom stereocenters. The molecule has 0 saturated carbocycles. The van der Waals surface area contributed by atoms with E-state index in [0.29, 0.717) is 5.88 Å². The van der Waals surface area contributed by atoms with E-state index < -0.39 is 6.09 Å². The highest BCUT2D eigenvalue weighted by Gasteiger charge is 2.24. The SMILES string of the molecule is CSC(C)(C)/C=N/OC(=O)N(C)SC(C)(C)CCl. The van der Waals surface area contributed by atoms with Crippen molar-refractivity contribution < 1.29 is 9.63 Å². The maximum Gasteiger partial charge on any atom is 0.445 e. The average molecular weight is 313 g/mol. The van der Waals surface area contributed by atoms with Crippen molar-refractivity contribution in [1.29, 1.82) is 0 Å². The van der Waals surface area contributed by atoms with Gasteiger partial charge in [-0.15, -0.1) is 11.6 Å². The molecule has 0 heterocycles. The Hall–Kier alpha value is -0.0700. The highest BCUT2D eigenvalue weighted by Crippen LogP contribution is 2.28. The highest BCUT2D eigenvalue weighted by atomic mass is 35.5. The summed E-state index contributed by atoms with van der Waals surface area (Å²) in [5, 5.41) is 3.71. The zero-order valence-electron chi connectivity index (χ0n) is 11.7. The third-order valence-corrected chi connectivity index (χ3v) is 5.03. The summed E-state index contributed by atoms with van der Waals surface area (Å²) in [4.78, 5) is 16.4. The number of carbonyl (C=O) groups is 1. The molecular weight excluding hydrogens is 292 g/mol. The number of oxime groups is 1. The van der Waals surface area contributed by atoms with Gasteiger partial charge in [0.1, 0.15) is 0 Å². The maximum atomic E-state index is 11.6. The van der Waals surface area contributed by atoms with Crippen molar-refractivity contribution in [2.24, 2.45) is 5.16 Å². The summed E-state index contributed by atoms with van der Waals surface area (Å²) in [7, 11) is 1.64. The maximum absolute atomic E-state index is 11.6. The Morgan fingerprint density at radius 1 is 1.44 bits per heavy atom. The predicted molar refractivity (Wildman–Crippen MR) is 82.7 cm³/mol. The average Bonchev–Trinajstić information content (AvgIpc) is 2.28. The zero-order valence-corrected chi connectivity index (χ0v) is 14.1. The van der Waals surface area contributed by atoms with E-state index in [4.69, 9.17) is 16.4 Å². The zero-order chi connectivity index (χ0) is 14.4. The lowest BCUT2D eigenvalue weighted by Gasteiger charge is -2.25. The molecule has 0 aromatic heterocycles. The van der Waals surface area contributed by atoms with Crippen molar-refractivity contribution in [2.45, 2.75) is 37.2 Å². The number of hydrogen-bond acceptors (Lipinski definition) is 5. The second-order valence-electron chi connectivity index (χ2n) is 4.88. The number of hydrogen-bond donors (Lipinski definition) is 0. The van der Waals surface area contributed by atoms with Crippen LogP contribution in [0.5, 0.6) is 0 Å². The van der Waals surface area contributed by atoms with Gasteiger partial charge in [0, 0.05) is 22.4 Å². The van der Waals surface area contributed by atoms with E-state index in [-0.39, 0.29) is 9.49 Å². The van der Waals surface area contributed by atoms with Gasteiger partial charge in [-0.2, -0.15) is 11.8 Å². The quantitative estimate of drug-likeness (QED) is 0.246. The second-order valence-corrected chi connectivity index (χ2v) is 8.44. The molecule has 0 radical (unpaired) electrons. The van der Waals surface area contributed by atoms with Gasteiger partial charge >= 0.3 is 6.09 Å². The molecule has 0 N–H and O–H groups in total. The molecular formula is C11H21ClN2O2S2. The Balaban J connectivity index is 4.26. The second kappa shape index (κ2) is 7.50. The summed E-state index contributed by atoms with van der Waals surface area (Å²) in [5.74, 6) is 0.443. The van der Waals surface area contributed by atoms with Gasteiger partial charge in [-0.05, 0) is 45.9 Å². The fraction of sp³-hybridized carbons (Fsp3) is 0.818. The van der Waals surface area contributed by atoms with Crippen LogP contribution in [0.25, 0.3) is 0 Å². The minimum atomic E-state index is -0.508. The number of halogens is 1. The number of carbonyl (C=O) groups excluding carboxylic acids is 1. The van der Waals surface area contributed by atoms with Crippen molar-refractivity contribution in [1.82, 2.24) is 4.31 Å². The van der Waals surface area contributed by atoms with Crippen LogP contribution in [0.4, 0.5) is 4.79 Å². The first-order valence-corrected chi connectivity index (χ1v) is 7.96. The molecule has 0 fully saturated rings. The number of thioether (sulfide) groups is 1. The summed E-state index contributed by atoms with van der Waals surface area (Å²) in [6.07, 6.45) is 3.07. The van der Waals surface area contributed by atoms with Gasteiger partial charge in [0.15, 0.2) is 0 Å². The summed E-state index contributed by atoms with van der Waals surface area (Å²) in [5.41, 5.74) is 0. The first-order chi connectivity index (χ1) is 8.13. The lowest BCUT2D eigenvalue weighted by atomic mass is 10.2. The number of rotatable bonds is 6. The smallest absolute Gasteiger partial charge is 0.298 e. The van der Waals surface area contributed by atoms with E-state index in [1.807, 2.05) is 34.0 Å². The third kappa shape index (κ3) is 7.38. The summed E-state index contributed by atoms with van der Waals surface area (Å²) in [6, 6.07) is 0. The Labute approximate surface area is 123 Å². The van der Waals surface area contributed by atoms with Crippen LogP contribution in [-0.4, -0.2) is 45.3 Å². The van der Waals surface area contributed by atoms with Crippen LogP contribution in [0.3, 0.4) is 0 Å². The Kier molecular flexibility index (Phi) is 7.47. The largest absolute Gasteiger partial charge is 0.445 e. The third-order valence-electron chi connectivity index (χ3n) is 1.98. The van der Waals surface area contributed by atoms with Gasteiger partial charge in [0.25, 0.3) is 0 Å². The van der Waals surface area contributed by atoms with Gasteiger partial charge in [-0.3, -0.25) is 9.14 Å². The normalized spacial score (nSPS) is 12.8. The molecule has 18 heavy (non-hydrogen) atoms. The molecule has 0 saturated heterocycles. The van der Waals surface area contributed by atoms with E-state index in [2.05, 4.69) is 5.16 Å². The Morgan fingerprint density at radius 2 is 2.00 bits per heavy atom. The number of alkyl halides is 1. The van der Waals surface area contributed by atoms with E-state index >= 15 is 0 Å². The molecule has 0 rings (SSSR count). The predicted octanol–water partition coefficient (Wildman–Crippen LogP) is 3.85. The molecule has 0 aliphatic carbocycles. The molecule has 106 valence electrons. The lowest BCUT2D eigenvalue weighted by Crippen LogP contribution is -2.29. The molecule has 0 aliphatic rings. The van der Waals surface area contributed by atoms with Crippen LogP contribution in [0.1, 0.15) is 27.7 Å². The van der Waals surface area contributed by atoms with E-state index in [1.165, 1.54) is 16.3 Å². The summed E-state index contributed by atoms with van der Waals surface area (Å²) < 4.78 is 1.02. The van der Waals surface area contributed by atoms with Gasteiger partial charge in [0.2, 0.25) is 0 Å². The van der Waals surface area contributed by atoms with Gasteiger partial charge in [-0.25, -0.2) is 4.79 Å². The molecule has 0 aromatic rings. The monoisotopic (exact) mass is 312 g/mol. The molecule has 7 heteroatoms. The van der Waals surface area contributed by atoms with E-state index in [0.717, 1.165) is 0 Å². The van der Waals surface area contributed by atoms with E-state index in [1.54, 1.807) is 25.0 Å². The van der Waals surface area contributed by atoms with Crippen LogP contribution in [0.15, 0.2) is 5.16 Å². The van der Waals surface area contributed by atoms with Crippen molar-refractivity contribution in [2.75, 3.05) is 19.2 Å². The Morgan fingerprint density at radius 3 is 2.44 bits per heavy atom. The molecule has 0 spiro atoms. The van der Waals surface area contributed by atoms with Crippen LogP contribution >= 0.6 is 35.3 Å². The number of nitrogens with zero attached hydrogens (tertiary/aromatic N) is 2. The number of amides is 1. The Bertz CT molecular complexity index is 309. The fourth-order valence-electron chi connectivity index (χ4n) is 0.741. The van der Waals surface area contributed by atoms with Crippen LogP contribution in [0.2, 0.25) is 0 Å². The van der Waals surface area contributed by atoms with Crippen molar-refractivity contribution in [3.05, 3.63) is 0 Å². The highest BCUT2D eigenvalue weighted by molar-refractivity contribution is 8.00. The topological polar surface area (TPSA) is 41.9 Å². The van der Waals surface area contributed by atoms with Crippen molar-refractivity contribution >= 4 is 47.6 Å². The lowest BCUT2D eigenvalue weighted by molar-refractivity contribution is 0.137. The van der Waals surface area contributed by atoms with Crippen LogP contribution < -0.4 is 0 Å². The molecule has 4 nitrogen and oxygen atoms in total. The first kappa shape index (κ1) is 17.9. The molecule has 0 unspecified atom stereocenters. The van der Waals surface area contributed by atoms with Gasteiger partial charge in [-0.1, -0.05) is 5.16 Å². The van der Waals surface area contributed by atoms with Gasteiger partial charge < -0.3 is 0 Å². The minimum absolute atomic E-state index is 0.151. The summed E-state index contributed by atoms with van der Waals surface area (Å²) in [6.45, 7) is 7.89. The molecule has 1 amide bonds. The van der Waals surface area contributed by atoms with Crippen LogP contribution in [0, 0.1) is 0 Å². The first-order valence-electron chi connectivity index (χ1n) is 5.43. The summed E-state index contributed by atoms with van der Waals surface area (Å²) >= 11 is 8.74. The van der Waals surface area contributed by atoms with Crippen molar-refractivity contribution in [3.8, 4) is 0 Å². The molecule has 0 aromatic carbocycles. The molecule has 0 aliphatic heterocycles. The standard InChI is InChI=1S/C11H21ClN2O2S2/c1-10(2,7-12)18-14(5)9(15)16-13-8-11(3,4)17-6/h8H,7H2,1-6H3/b13-8+. The molecule has 0 bridgehead atoms.